The van der Waals surface area contributed by atoms with E-state index in [1.807, 2.05) is 48.8 Å². The highest BCUT2D eigenvalue weighted by atomic mass is 16.5. The van der Waals surface area contributed by atoms with Gasteiger partial charge in [-0.3, -0.25) is 0 Å². The zero-order chi connectivity index (χ0) is 37.7. The third-order valence-corrected chi connectivity index (χ3v) is 10.5. The van der Waals surface area contributed by atoms with Crippen LogP contribution in [0.5, 0.6) is 0 Å². The van der Waals surface area contributed by atoms with E-state index in [4.69, 9.17) is 9.47 Å². The number of methoxy groups -OCH3 is 2. The number of H-pyrrole nitrogens is 3. The van der Waals surface area contributed by atoms with Crippen molar-refractivity contribution in [3.8, 4) is 22.3 Å². The fraction of sp³-hybridized carbons (Fsp3) is 0.261. The quantitative estimate of drug-likeness (QED) is 0.137. The summed E-state index contributed by atoms with van der Waals surface area (Å²) in [5, 5.41) is 0. The summed E-state index contributed by atoms with van der Waals surface area (Å²) in [6, 6.07) is 33.2. The summed E-state index contributed by atoms with van der Waals surface area (Å²) in [4.78, 5) is 37.3. The van der Waals surface area contributed by atoms with Gasteiger partial charge in [0.25, 0.3) is 0 Å². The number of ether oxygens (including phenoxy) is 2. The molecule has 0 bridgehead atoms. The average Bonchev–Trinajstić information content (AvgIpc) is 3.96. The maximum Gasteiger partial charge on any atom is 0.338 e. The van der Waals surface area contributed by atoms with Crippen molar-refractivity contribution >= 4 is 11.9 Å². The first-order chi connectivity index (χ1) is 25.3. The minimum Gasteiger partial charge on any atom is -0.465 e. The first-order valence-corrected chi connectivity index (χ1v) is 18.1. The zero-order valence-electron chi connectivity index (χ0n) is 31.7. The van der Waals surface area contributed by atoms with Crippen LogP contribution in [0, 0.1) is 0 Å². The lowest BCUT2D eigenvalue weighted by Crippen LogP contribution is -2.09. The Bertz CT molecular complexity index is 2170. The normalized spacial score (nSPS) is 13.3. The Morgan fingerprint density at radius 3 is 1.21 bits per heavy atom. The first-order valence-electron chi connectivity index (χ1n) is 18.1. The number of carbonyl (C=O) groups excluding carboxylic acids is 2. The molecule has 3 heterocycles. The number of aromatic amines is 3. The fourth-order valence-electron chi connectivity index (χ4n) is 7.61. The van der Waals surface area contributed by atoms with Gasteiger partial charge in [-0.15, -0.1) is 0 Å². The van der Waals surface area contributed by atoms with Crippen molar-refractivity contribution in [1.82, 2.24) is 15.0 Å². The second-order valence-electron chi connectivity index (χ2n) is 15.9. The van der Waals surface area contributed by atoms with Crippen LogP contribution >= 0.6 is 0 Å². The summed E-state index contributed by atoms with van der Waals surface area (Å²) in [6.45, 7) is 13.1. The van der Waals surface area contributed by atoms with Gasteiger partial charge in [0.2, 0.25) is 0 Å². The van der Waals surface area contributed by atoms with Crippen molar-refractivity contribution in [3.05, 3.63) is 166 Å². The largest absolute Gasteiger partial charge is 0.465 e. The van der Waals surface area contributed by atoms with Crippen LogP contribution in [0.3, 0.4) is 0 Å². The van der Waals surface area contributed by atoms with Crippen LogP contribution in [-0.2, 0) is 20.3 Å². The standard InChI is InChI=1S/C46H47N3O4/c1-45(2,3)27-13-17-29-31(19-15-27)35(43(50)52-7)25-33(29)41(37-11-9-23-47-37)39-21-22-40(49-39)42(38-12-10-24-48-38)34-26-36(44(51)53-8)32-20-16-28(46(4,5)6)14-18-30(32)34/h9-26,41-42,47-49H,1-8H3. The molecular formula is C46H47N3O4. The molecule has 0 saturated heterocycles. The van der Waals surface area contributed by atoms with Crippen molar-refractivity contribution in [3.63, 3.8) is 0 Å². The van der Waals surface area contributed by atoms with Gasteiger partial charge in [0.05, 0.1) is 37.2 Å². The van der Waals surface area contributed by atoms with Gasteiger partial charge in [0.1, 0.15) is 0 Å². The molecule has 0 spiro atoms. The molecule has 270 valence electrons. The van der Waals surface area contributed by atoms with Gasteiger partial charge in [-0.25, -0.2) is 9.59 Å². The van der Waals surface area contributed by atoms with Crippen molar-refractivity contribution in [2.75, 3.05) is 14.2 Å². The van der Waals surface area contributed by atoms with Gasteiger partial charge >= 0.3 is 11.9 Å². The van der Waals surface area contributed by atoms with Crippen LogP contribution in [0.15, 0.2) is 109 Å². The molecule has 0 aromatic carbocycles. The molecule has 7 heteroatoms. The van der Waals surface area contributed by atoms with Crippen LogP contribution in [0.2, 0.25) is 0 Å². The molecule has 3 aromatic rings. The maximum atomic E-state index is 13.3. The number of nitrogens with one attached hydrogen (secondary N) is 3. The summed E-state index contributed by atoms with van der Waals surface area (Å²) in [7, 11) is 2.85. The fourth-order valence-corrected chi connectivity index (χ4v) is 7.61. The highest BCUT2D eigenvalue weighted by Gasteiger charge is 2.32. The topological polar surface area (TPSA) is 100.0 Å². The van der Waals surface area contributed by atoms with Crippen LogP contribution in [0.25, 0.3) is 22.3 Å². The second-order valence-corrected chi connectivity index (χ2v) is 15.9. The SMILES string of the molecule is COC(=O)c1cc(C(c2ccc[nH]2)c2ccc(C(c3ccc[nH]3)c3cc(C(=O)OC)c4ccc(C(C)(C)C)ccc3-4)[nH]2)c2ccc(C(C)(C)C)ccc1-2. The molecule has 0 saturated carbocycles. The molecule has 0 aliphatic heterocycles. The van der Waals surface area contributed by atoms with E-state index in [-0.39, 0.29) is 34.6 Å². The van der Waals surface area contributed by atoms with Gasteiger partial charge in [0, 0.05) is 35.2 Å². The maximum absolute atomic E-state index is 13.3. The van der Waals surface area contributed by atoms with E-state index < -0.39 is 0 Å². The summed E-state index contributed by atoms with van der Waals surface area (Å²) < 4.78 is 10.6. The summed E-state index contributed by atoms with van der Waals surface area (Å²) in [5.41, 5.74) is 12.7. The number of rotatable bonds is 8. The Balaban J connectivity index is 1.43. The third-order valence-electron chi connectivity index (χ3n) is 10.5. The van der Waals surface area contributed by atoms with Crippen LogP contribution < -0.4 is 0 Å². The molecule has 3 N–H and O–H groups in total. The van der Waals surface area contributed by atoms with E-state index in [0.29, 0.717) is 11.1 Å². The van der Waals surface area contributed by atoms with Gasteiger partial charge in [-0.05, 0) is 104 Å². The van der Waals surface area contributed by atoms with Crippen LogP contribution in [0.1, 0.15) is 119 Å². The summed E-state index contributed by atoms with van der Waals surface area (Å²) in [5.74, 6) is -1.28. The summed E-state index contributed by atoms with van der Waals surface area (Å²) in [6.07, 6.45) is 3.85. The molecule has 4 aliphatic rings. The van der Waals surface area contributed by atoms with E-state index in [1.54, 1.807) is 0 Å². The molecule has 7 rings (SSSR count). The molecule has 0 fully saturated rings. The first kappa shape index (κ1) is 35.6. The highest BCUT2D eigenvalue weighted by Crippen LogP contribution is 2.46. The Morgan fingerprint density at radius 2 is 0.887 bits per heavy atom. The van der Waals surface area contributed by atoms with Gasteiger partial charge in [0.15, 0.2) is 0 Å². The van der Waals surface area contributed by atoms with Gasteiger partial charge in [-0.1, -0.05) is 90.1 Å². The Labute approximate surface area is 311 Å². The van der Waals surface area contributed by atoms with Gasteiger partial charge in [-0.2, -0.15) is 0 Å². The molecule has 2 atom stereocenters. The number of esters is 2. The molecule has 7 nitrogen and oxygen atoms in total. The molecule has 3 aromatic heterocycles. The van der Waals surface area contributed by atoms with E-state index in [2.05, 4.69) is 117 Å². The second kappa shape index (κ2) is 13.6. The Hall–Kier alpha value is -5.82. The molecular weight excluding hydrogens is 659 g/mol. The van der Waals surface area contributed by atoms with E-state index in [9.17, 15) is 9.59 Å². The number of aromatic nitrogens is 3. The predicted molar refractivity (Wildman–Crippen MR) is 210 cm³/mol. The van der Waals surface area contributed by atoms with Crippen molar-refractivity contribution in [2.45, 2.75) is 64.2 Å². The number of hydrogen-bond acceptors (Lipinski definition) is 4. The van der Waals surface area contributed by atoms with E-state index in [1.165, 1.54) is 25.3 Å². The lowest BCUT2D eigenvalue weighted by Gasteiger charge is -2.19. The van der Waals surface area contributed by atoms with Crippen molar-refractivity contribution in [1.29, 1.82) is 0 Å². The molecule has 4 aliphatic carbocycles. The Kier molecular flexibility index (Phi) is 9.15. The average molecular weight is 706 g/mol. The van der Waals surface area contributed by atoms with Crippen molar-refractivity contribution in [2.24, 2.45) is 0 Å². The zero-order valence-corrected chi connectivity index (χ0v) is 31.7. The smallest absolute Gasteiger partial charge is 0.338 e. The Morgan fingerprint density at radius 1 is 0.509 bits per heavy atom. The predicted octanol–water partition coefficient (Wildman–Crippen LogP) is 10.4. The van der Waals surface area contributed by atoms with Crippen LogP contribution in [-0.4, -0.2) is 41.1 Å². The summed E-state index contributed by atoms with van der Waals surface area (Å²) >= 11 is 0. The van der Waals surface area contributed by atoms with E-state index in [0.717, 1.165) is 56.2 Å². The van der Waals surface area contributed by atoms with Crippen LogP contribution in [0.4, 0.5) is 0 Å². The van der Waals surface area contributed by atoms with Gasteiger partial charge < -0.3 is 24.4 Å². The molecule has 0 radical (unpaired) electrons. The monoisotopic (exact) mass is 705 g/mol. The highest BCUT2D eigenvalue weighted by molar-refractivity contribution is 6.01. The minimum atomic E-state index is -0.374. The molecule has 0 amide bonds. The van der Waals surface area contributed by atoms with Crippen molar-refractivity contribution < 1.29 is 19.1 Å². The number of hydrogen-bond donors (Lipinski definition) is 3. The lowest BCUT2D eigenvalue weighted by atomic mass is 9.88. The third kappa shape index (κ3) is 6.56. The molecule has 2 unspecified atom stereocenters. The lowest BCUT2D eigenvalue weighted by molar-refractivity contribution is 0.0593. The number of carbonyl (C=O) groups is 2. The molecule has 53 heavy (non-hydrogen) atoms. The van der Waals surface area contributed by atoms with E-state index >= 15 is 0 Å². The number of fused-ring (bicyclic) bond motifs is 2. The minimum absolute atomic E-state index is 0.0772.